The van der Waals surface area contributed by atoms with E-state index in [1.165, 1.54) is 0 Å². The molecular formula is C8H12O3. The van der Waals surface area contributed by atoms with E-state index in [-0.39, 0.29) is 5.97 Å². The molecular weight excluding hydrogens is 144 g/mol. The summed E-state index contributed by atoms with van der Waals surface area (Å²) in [5.41, 5.74) is 0.404. The Balaban J connectivity index is 2.41. The fourth-order valence-electron chi connectivity index (χ4n) is 0.753. The lowest BCUT2D eigenvalue weighted by Crippen LogP contribution is -2.44. The molecule has 0 bridgehead atoms. The number of carbonyl (C=O) groups is 1. The second kappa shape index (κ2) is 2.66. The molecule has 1 aliphatic rings. The molecule has 0 aromatic carbocycles. The van der Waals surface area contributed by atoms with Crippen molar-refractivity contribution >= 4 is 5.97 Å². The van der Waals surface area contributed by atoms with Gasteiger partial charge in [0.15, 0.2) is 0 Å². The molecule has 1 aliphatic heterocycles. The summed E-state index contributed by atoms with van der Waals surface area (Å²) in [7, 11) is 0. The van der Waals surface area contributed by atoms with Crippen LogP contribution in [-0.4, -0.2) is 18.4 Å². The van der Waals surface area contributed by atoms with Gasteiger partial charge < -0.3 is 9.47 Å². The van der Waals surface area contributed by atoms with Gasteiger partial charge in [0.2, 0.25) is 5.79 Å². The first kappa shape index (κ1) is 8.27. The van der Waals surface area contributed by atoms with Gasteiger partial charge in [-0.05, 0) is 6.92 Å². The summed E-state index contributed by atoms with van der Waals surface area (Å²) in [4.78, 5) is 10.9. The zero-order valence-corrected chi connectivity index (χ0v) is 6.85. The van der Waals surface area contributed by atoms with Crippen LogP contribution in [0.3, 0.4) is 0 Å². The first-order chi connectivity index (χ1) is 5.03. The predicted octanol–water partition coefficient (Wildman–Crippen LogP) is 1.24. The molecule has 1 atom stereocenters. The van der Waals surface area contributed by atoms with Gasteiger partial charge >= 0.3 is 5.97 Å². The highest BCUT2D eigenvalue weighted by Crippen LogP contribution is 2.27. The van der Waals surface area contributed by atoms with Crippen molar-refractivity contribution in [3.8, 4) is 0 Å². The summed E-state index contributed by atoms with van der Waals surface area (Å²) in [6.45, 7) is 7.50. The fraction of sp³-hybridized carbons (Fsp3) is 0.625. The first-order valence-corrected chi connectivity index (χ1v) is 3.56. The van der Waals surface area contributed by atoms with Crippen molar-refractivity contribution in [3.05, 3.63) is 12.2 Å². The lowest BCUT2D eigenvalue weighted by atomic mass is 10.1. The highest BCUT2D eigenvalue weighted by Gasteiger charge is 2.37. The van der Waals surface area contributed by atoms with Gasteiger partial charge in [-0.15, -0.1) is 0 Å². The van der Waals surface area contributed by atoms with Crippen LogP contribution in [0.25, 0.3) is 0 Å². The second-order valence-corrected chi connectivity index (χ2v) is 2.90. The smallest absolute Gasteiger partial charge is 0.335 e. The maximum atomic E-state index is 10.9. The Kier molecular flexibility index (Phi) is 2.00. The molecule has 1 heterocycles. The second-order valence-electron chi connectivity index (χ2n) is 2.90. The van der Waals surface area contributed by atoms with E-state index in [1.54, 1.807) is 13.8 Å². The number of hydrogen-bond acceptors (Lipinski definition) is 3. The number of rotatable bonds is 2. The Morgan fingerprint density at radius 1 is 1.73 bits per heavy atom. The van der Waals surface area contributed by atoms with Crippen LogP contribution in [0.15, 0.2) is 12.2 Å². The standard InChI is InChI=1S/C8H12O3/c1-6(2)7(9)11-8(3)4-5-10-8/h1,4-5H2,2-3H3. The minimum atomic E-state index is -0.684. The van der Waals surface area contributed by atoms with E-state index < -0.39 is 5.79 Å². The molecule has 0 aliphatic carbocycles. The molecule has 11 heavy (non-hydrogen) atoms. The van der Waals surface area contributed by atoms with E-state index in [0.717, 1.165) is 6.42 Å². The molecule has 0 N–H and O–H groups in total. The van der Waals surface area contributed by atoms with Crippen molar-refractivity contribution in [1.29, 1.82) is 0 Å². The van der Waals surface area contributed by atoms with Crippen LogP contribution in [0.1, 0.15) is 20.3 Å². The van der Waals surface area contributed by atoms with Crippen LogP contribution >= 0.6 is 0 Å². The number of hydrogen-bond donors (Lipinski definition) is 0. The molecule has 1 fully saturated rings. The van der Waals surface area contributed by atoms with E-state index in [1.807, 2.05) is 0 Å². The zero-order chi connectivity index (χ0) is 8.48. The Labute approximate surface area is 66.0 Å². The average molecular weight is 156 g/mol. The molecule has 0 aromatic rings. The normalized spacial score (nSPS) is 28.9. The van der Waals surface area contributed by atoms with Crippen LogP contribution in [0, 0.1) is 0 Å². The van der Waals surface area contributed by atoms with Crippen LogP contribution in [-0.2, 0) is 14.3 Å². The lowest BCUT2D eigenvalue weighted by Gasteiger charge is -2.37. The van der Waals surface area contributed by atoms with Crippen LogP contribution < -0.4 is 0 Å². The highest BCUT2D eigenvalue weighted by molar-refractivity contribution is 5.87. The summed E-state index contributed by atoms with van der Waals surface area (Å²) >= 11 is 0. The molecule has 1 rings (SSSR count). The fourth-order valence-corrected chi connectivity index (χ4v) is 0.753. The van der Waals surface area contributed by atoms with Crippen molar-refractivity contribution in [1.82, 2.24) is 0 Å². The SMILES string of the molecule is C=C(C)C(=O)OC1(C)CCO1. The number of ether oxygens (including phenoxy) is 2. The molecule has 1 unspecified atom stereocenters. The Morgan fingerprint density at radius 3 is 2.55 bits per heavy atom. The van der Waals surface area contributed by atoms with Crippen molar-refractivity contribution < 1.29 is 14.3 Å². The summed E-state index contributed by atoms with van der Waals surface area (Å²) in [6.07, 6.45) is 0.770. The third-order valence-corrected chi connectivity index (χ3v) is 1.62. The van der Waals surface area contributed by atoms with Crippen LogP contribution in [0.5, 0.6) is 0 Å². The van der Waals surface area contributed by atoms with Gasteiger partial charge in [0, 0.05) is 18.9 Å². The van der Waals surface area contributed by atoms with Crippen LogP contribution in [0.2, 0.25) is 0 Å². The van der Waals surface area contributed by atoms with E-state index in [4.69, 9.17) is 9.47 Å². The molecule has 0 radical (unpaired) electrons. The molecule has 1 saturated heterocycles. The van der Waals surface area contributed by atoms with Crippen LogP contribution in [0.4, 0.5) is 0 Å². The largest absolute Gasteiger partial charge is 0.430 e. The lowest BCUT2D eigenvalue weighted by molar-refractivity contribution is -0.279. The summed E-state index contributed by atoms with van der Waals surface area (Å²) in [6, 6.07) is 0. The maximum absolute atomic E-state index is 10.9. The monoisotopic (exact) mass is 156 g/mol. The zero-order valence-electron chi connectivity index (χ0n) is 6.85. The summed E-state index contributed by atoms with van der Waals surface area (Å²) in [5, 5.41) is 0. The molecule has 3 nitrogen and oxygen atoms in total. The van der Waals surface area contributed by atoms with Crippen molar-refractivity contribution in [2.75, 3.05) is 6.61 Å². The van der Waals surface area contributed by atoms with Gasteiger partial charge in [0.05, 0.1) is 6.61 Å². The third-order valence-electron chi connectivity index (χ3n) is 1.62. The third kappa shape index (κ3) is 1.80. The van der Waals surface area contributed by atoms with E-state index in [9.17, 15) is 4.79 Å². The summed E-state index contributed by atoms with van der Waals surface area (Å²) < 4.78 is 10.0. The molecule has 62 valence electrons. The Hall–Kier alpha value is -0.830. The molecule has 0 aromatic heterocycles. The predicted molar refractivity (Wildman–Crippen MR) is 39.9 cm³/mol. The van der Waals surface area contributed by atoms with Crippen molar-refractivity contribution in [2.24, 2.45) is 0 Å². The molecule has 0 amide bonds. The minimum Gasteiger partial charge on any atom is -0.430 e. The van der Waals surface area contributed by atoms with Crippen molar-refractivity contribution in [3.63, 3.8) is 0 Å². The van der Waals surface area contributed by atoms with E-state index in [2.05, 4.69) is 6.58 Å². The van der Waals surface area contributed by atoms with E-state index in [0.29, 0.717) is 12.2 Å². The summed E-state index contributed by atoms with van der Waals surface area (Å²) in [5.74, 6) is -1.07. The molecule has 3 heteroatoms. The maximum Gasteiger partial charge on any atom is 0.335 e. The number of carbonyl (C=O) groups excluding carboxylic acids is 1. The molecule has 0 spiro atoms. The van der Waals surface area contributed by atoms with Gasteiger partial charge in [-0.3, -0.25) is 0 Å². The average Bonchev–Trinajstić information content (AvgIpc) is 1.84. The van der Waals surface area contributed by atoms with Gasteiger partial charge in [0.25, 0.3) is 0 Å². The molecule has 0 saturated carbocycles. The van der Waals surface area contributed by atoms with Gasteiger partial charge in [0.1, 0.15) is 0 Å². The van der Waals surface area contributed by atoms with E-state index >= 15 is 0 Å². The van der Waals surface area contributed by atoms with Gasteiger partial charge in [-0.25, -0.2) is 4.79 Å². The van der Waals surface area contributed by atoms with Gasteiger partial charge in [-0.2, -0.15) is 0 Å². The quantitative estimate of drug-likeness (QED) is 0.445. The van der Waals surface area contributed by atoms with Gasteiger partial charge in [-0.1, -0.05) is 6.58 Å². The first-order valence-electron chi connectivity index (χ1n) is 3.56. The van der Waals surface area contributed by atoms with Crippen molar-refractivity contribution in [2.45, 2.75) is 26.1 Å². The Morgan fingerprint density at radius 2 is 2.27 bits per heavy atom. The highest BCUT2D eigenvalue weighted by atomic mass is 16.7. The Bertz CT molecular complexity index is 192. The number of esters is 1. The minimum absolute atomic E-state index is 0.382. The topological polar surface area (TPSA) is 35.5 Å².